The molecule has 1 saturated carbocycles. The van der Waals surface area contributed by atoms with E-state index >= 15 is 0 Å². The number of rotatable bonds is 2. The molecule has 0 amide bonds. The van der Waals surface area contributed by atoms with Gasteiger partial charge < -0.3 is 10.2 Å². The zero-order chi connectivity index (χ0) is 12.5. The smallest absolute Gasteiger partial charge is 0.0980 e. The van der Waals surface area contributed by atoms with Crippen molar-refractivity contribution in [3.05, 3.63) is 35.5 Å². The molecule has 1 fully saturated rings. The molecule has 0 aliphatic heterocycles. The third-order valence-electron chi connectivity index (χ3n) is 3.31. The van der Waals surface area contributed by atoms with Crippen molar-refractivity contribution in [1.82, 2.24) is 0 Å². The molecule has 3 atom stereocenters. The lowest BCUT2D eigenvalue weighted by Crippen LogP contribution is -2.39. The molecule has 2 heteroatoms. The van der Waals surface area contributed by atoms with Crippen LogP contribution in [0.5, 0.6) is 0 Å². The first-order chi connectivity index (χ1) is 7.26. The highest BCUT2D eigenvalue weighted by Crippen LogP contribution is 2.42. The highest BCUT2D eigenvalue weighted by Gasteiger charge is 2.46. The third kappa shape index (κ3) is 2.45. The van der Waals surface area contributed by atoms with Gasteiger partial charge >= 0.3 is 0 Å². The largest absolute Gasteiger partial charge is 0.390 e. The van der Waals surface area contributed by atoms with Crippen LogP contribution in [0.1, 0.15) is 34.1 Å². The van der Waals surface area contributed by atoms with Gasteiger partial charge in [0.2, 0.25) is 0 Å². The van der Waals surface area contributed by atoms with E-state index in [1.165, 1.54) is 5.57 Å². The van der Waals surface area contributed by atoms with Gasteiger partial charge in [-0.3, -0.25) is 0 Å². The Hall–Kier alpha value is -0.860. The van der Waals surface area contributed by atoms with E-state index in [9.17, 15) is 10.2 Å². The Morgan fingerprint density at radius 2 is 2.00 bits per heavy atom. The lowest BCUT2D eigenvalue weighted by atomic mass is 9.87. The molecule has 2 N–H and O–H groups in total. The minimum atomic E-state index is -1.07. The second-order valence-electron chi connectivity index (χ2n) is 5.15. The molecular formula is C14H22O2. The van der Waals surface area contributed by atoms with Gasteiger partial charge in [-0.25, -0.2) is 0 Å². The van der Waals surface area contributed by atoms with Gasteiger partial charge in [0.05, 0.1) is 11.7 Å². The van der Waals surface area contributed by atoms with E-state index in [0.29, 0.717) is 6.42 Å². The van der Waals surface area contributed by atoms with Crippen molar-refractivity contribution in [3.63, 3.8) is 0 Å². The molecule has 0 heterocycles. The highest BCUT2D eigenvalue weighted by molar-refractivity contribution is 5.32. The van der Waals surface area contributed by atoms with Crippen molar-refractivity contribution in [2.75, 3.05) is 0 Å². The van der Waals surface area contributed by atoms with Crippen LogP contribution < -0.4 is 0 Å². The van der Waals surface area contributed by atoms with Crippen LogP contribution in [0.2, 0.25) is 0 Å². The molecule has 0 aromatic rings. The first-order valence-electron chi connectivity index (χ1n) is 5.67. The highest BCUT2D eigenvalue weighted by atomic mass is 16.3. The molecule has 0 unspecified atom stereocenters. The topological polar surface area (TPSA) is 40.5 Å². The lowest BCUT2D eigenvalue weighted by molar-refractivity contribution is -0.0547. The Labute approximate surface area is 98.0 Å². The number of hydrogen-bond acceptors (Lipinski definition) is 2. The predicted molar refractivity (Wildman–Crippen MR) is 67.1 cm³/mol. The van der Waals surface area contributed by atoms with E-state index in [2.05, 4.69) is 6.58 Å². The van der Waals surface area contributed by atoms with E-state index in [1.807, 2.05) is 32.9 Å². The van der Waals surface area contributed by atoms with E-state index in [0.717, 1.165) is 11.1 Å². The van der Waals surface area contributed by atoms with Crippen molar-refractivity contribution in [3.8, 4) is 0 Å². The average Bonchev–Trinajstić information content (AvgIpc) is 2.35. The Kier molecular flexibility index (Phi) is 3.76. The molecule has 1 rings (SSSR count). The SMILES string of the molecule is C=C(C)/C=C/[C@@H]1C(=C(C)C)C[C@H](O)[C@@]1(C)O. The molecule has 16 heavy (non-hydrogen) atoms. The summed E-state index contributed by atoms with van der Waals surface area (Å²) in [6.07, 6.45) is 3.72. The Morgan fingerprint density at radius 3 is 2.44 bits per heavy atom. The van der Waals surface area contributed by atoms with Gasteiger partial charge in [0, 0.05) is 5.92 Å². The van der Waals surface area contributed by atoms with Gasteiger partial charge in [-0.1, -0.05) is 35.5 Å². The molecular weight excluding hydrogens is 200 g/mol. The average molecular weight is 222 g/mol. The second-order valence-corrected chi connectivity index (χ2v) is 5.15. The summed E-state index contributed by atoms with van der Waals surface area (Å²) in [4.78, 5) is 0. The number of aliphatic hydroxyl groups is 2. The van der Waals surface area contributed by atoms with Crippen LogP contribution in [-0.2, 0) is 0 Å². The fourth-order valence-electron chi connectivity index (χ4n) is 2.19. The Morgan fingerprint density at radius 1 is 1.44 bits per heavy atom. The van der Waals surface area contributed by atoms with Crippen molar-refractivity contribution in [2.45, 2.75) is 45.8 Å². The van der Waals surface area contributed by atoms with E-state index in [4.69, 9.17) is 0 Å². The zero-order valence-corrected chi connectivity index (χ0v) is 10.6. The first-order valence-corrected chi connectivity index (χ1v) is 5.67. The van der Waals surface area contributed by atoms with Gasteiger partial charge in [0.1, 0.15) is 0 Å². The summed E-state index contributed by atoms with van der Waals surface area (Å²) < 4.78 is 0. The molecule has 90 valence electrons. The lowest BCUT2D eigenvalue weighted by Gasteiger charge is -2.27. The van der Waals surface area contributed by atoms with Crippen molar-refractivity contribution >= 4 is 0 Å². The molecule has 0 bridgehead atoms. The maximum absolute atomic E-state index is 10.3. The fourth-order valence-corrected chi connectivity index (χ4v) is 2.19. The summed E-state index contributed by atoms with van der Waals surface area (Å²) in [5.74, 6) is -0.107. The summed E-state index contributed by atoms with van der Waals surface area (Å²) in [5.41, 5.74) is 2.19. The van der Waals surface area contributed by atoms with Gasteiger partial charge in [-0.2, -0.15) is 0 Å². The second kappa shape index (κ2) is 4.56. The summed E-state index contributed by atoms with van der Waals surface area (Å²) in [6, 6.07) is 0. The van der Waals surface area contributed by atoms with Crippen LogP contribution in [0.3, 0.4) is 0 Å². The van der Waals surface area contributed by atoms with Crippen molar-refractivity contribution in [2.24, 2.45) is 5.92 Å². The van der Waals surface area contributed by atoms with Crippen LogP contribution in [0.15, 0.2) is 35.5 Å². The summed E-state index contributed by atoms with van der Waals surface area (Å²) >= 11 is 0. The molecule has 2 nitrogen and oxygen atoms in total. The van der Waals surface area contributed by atoms with E-state index in [-0.39, 0.29) is 5.92 Å². The van der Waals surface area contributed by atoms with Gasteiger partial charge in [-0.05, 0) is 34.1 Å². The molecule has 0 aromatic carbocycles. The Balaban J connectivity index is 3.09. The quantitative estimate of drug-likeness (QED) is 0.557. The van der Waals surface area contributed by atoms with Crippen molar-refractivity contribution < 1.29 is 10.2 Å². The van der Waals surface area contributed by atoms with Crippen LogP contribution >= 0.6 is 0 Å². The fraction of sp³-hybridized carbons (Fsp3) is 0.571. The maximum Gasteiger partial charge on any atom is 0.0980 e. The summed E-state index contributed by atoms with van der Waals surface area (Å²) in [5, 5.41) is 20.2. The number of allylic oxidation sites excluding steroid dienone is 3. The first kappa shape index (κ1) is 13.2. The molecule has 0 radical (unpaired) electrons. The van der Waals surface area contributed by atoms with Gasteiger partial charge in [0.15, 0.2) is 0 Å². The normalized spacial score (nSPS) is 34.8. The maximum atomic E-state index is 10.3. The summed E-state index contributed by atoms with van der Waals surface area (Å²) in [7, 11) is 0. The van der Waals surface area contributed by atoms with Crippen LogP contribution in [0.25, 0.3) is 0 Å². The zero-order valence-electron chi connectivity index (χ0n) is 10.6. The molecule has 0 spiro atoms. The van der Waals surface area contributed by atoms with Crippen molar-refractivity contribution in [1.29, 1.82) is 0 Å². The molecule has 0 aromatic heterocycles. The predicted octanol–water partition coefficient (Wildman–Crippen LogP) is 2.59. The van der Waals surface area contributed by atoms with Gasteiger partial charge in [0.25, 0.3) is 0 Å². The van der Waals surface area contributed by atoms with E-state index in [1.54, 1.807) is 6.92 Å². The molecule has 1 aliphatic carbocycles. The van der Waals surface area contributed by atoms with Crippen LogP contribution in [0, 0.1) is 5.92 Å². The molecule has 1 aliphatic rings. The standard InChI is InChI=1S/C14H22O2/c1-9(2)6-7-12-11(10(3)4)8-13(15)14(12,5)16/h6-7,12-13,15-16H,1,8H2,2-5H3/b7-6+/t12-,13+,14+/m1/s1. The van der Waals surface area contributed by atoms with Crippen LogP contribution in [0.4, 0.5) is 0 Å². The summed E-state index contributed by atoms with van der Waals surface area (Å²) in [6.45, 7) is 11.5. The monoisotopic (exact) mass is 222 g/mol. The van der Waals surface area contributed by atoms with E-state index < -0.39 is 11.7 Å². The van der Waals surface area contributed by atoms with Crippen LogP contribution in [-0.4, -0.2) is 21.9 Å². The third-order valence-corrected chi connectivity index (χ3v) is 3.31. The Bertz CT molecular complexity index is 344. The minimum Gasteiger partial charge on any atom is -0.390 e. The molecule has 0 saturated heterocycles. The number of aliphatic hydroxyl groups excluding tert-OH is 1. The van der Waals surface area contributed by atoms with Gasteiger partial charge in [-0.15, -0.1) is 0 Å². The minimum absolute atomic E-state index is 0.107. The number of hydrogen-bond donors (Lipinski definition) is 2.